The van der Waals surface area contributed by atoms with E-state index in [1.54, 1.807) is 32.4 Å². The number of piperidine rings is 1. The maximum atomic E-state index is 13.2. The molecular formula is C27H40N4O5. The van der Waals surface area contributed by atoms with Gasteiger partial charge in [-0.05, 0) is 62.6 Å². The summed E-state index contributed by atoms with van der Waals surface area (Å²) in [5.41, 5.74) is 0.645. The summed E-state index contributed by atoms with van der Waals surface area (Å²) in [5.74, 6) is 1.40. The Labute approximate surface area is 213 Å². The van der Waals surface area contributed by atoms with Crippen molar-refractivity contribution in [1.29, 1.82) is 0 Å². The zero-order chi connectivity index (χ0) is 25.7. The largest absolute Gasteiger partial charge is 0.497 e. The zero-order valence-electron chi connectivity index (χ0n) is 21.8. The Morgan fingerprint density at radius 3 is 2.36 bits per heavy atom. The van der Waals surface area contributed by atoms with Gasteiger partial charge >= 0.3 is 6.03 Å². The molecule has 36 heavy (non-hydrogen) atoms. The fourth-order valence-corrected chi connectivity index (χ4v) is 5.83. The maximum Gasteiger partial charge on any atom is 0.315 e. The number of methoxy groups -OCH3 is 2. The van der Waals surface area contributed by atoms with E-state index in [4.69, 9.17) is 9.47 Å². The van der Waals surface area contributed by atoms with Gasteiger partial charge in [0.25, 0.3) is 5.91 Å². The first kappa shape index (κ1) is 26.1. The highest BCUT2D eigenvalue weighted by atomic mass is 16.5. The molecule has 3 aliphatic rings. The second-order valence-corrected chi connectivity index (χ2v) is 10.5. The molecule has 0 bridgehead atoms. The molecule has 0 aromatic heterocycles. The molecule has 1 aromatic carbocycles. The van der Waals surface area contributed by atoms with E-state index in [-0.39, 0.29) is 35.3 Å². The first-order chi connectivity index (χ1) is 17.3. The van der Waals surface area contributed by atoms with Crippen LogP contribution in [0.5, 0.6) is 11.5 Å². The number of rotatable bonds is 9. The van der Waals surface area contributed by atoms with Crippen LogP contribution in [-0.2, 0) is 4.79 Å². The van der Waals surface area contributed by atoms with Crippen LogP contribution in [0.15, 0.2) is 18.2 Å². The summed E-state index contributed by atoms with van der Waals surface area (Å²) in [7, 11) is 3.16. The number of likely N-dealkylation sites (tertiary alicyclic amines) is 2. The maximum absolute atomic E-state index is 13.2. The summed E-state index contributed by atoms with van der Waals surface area (Å²) in [6.07, 6.45) is 7.25. The van der Waals surface area contributed by atoms with E-state index in [1.807, 2.05) is 16.7 Å². The van der Waals surface area contributed by atoms with Gasteiger partial charge in [-0.15, -0.1) is 0 Å². The van der Waals surface area contributed by atoms with Crippen molar-refractivity contribution in [2.75, 3.05) is 40.4 Å². The number of nitrogens with zero attached hydrogens (tertiary/aromatic N) is 2. The summed E-state index contributed by atoms with van der Waals surface area (Å²) < 4.78 is 10.7. The third kappa shape index (κ3) is 5.87. The number of hydrogen-bond donors (Lipinski definition) is 2. The molecule has 4 rings (SSSR count). The lowest BCUT2D eigenvalue weighted by Crippen LogP contribution is -2.44. The number of amides is 4. The highest BCUT2D eigenvalue weighted by Crippen LogP contribution is 2.41. The van der Waals surface area contributed by atoms with E-state index >= 15 is 0 Å². The highest BCUT2D eigenvalue weighted by Gasteiger charge is 2.42. The number of urea groups is 1. The second kappa shape index (κ2) is 11.4. The number of ether oxygens (including phenoxy) is 2. The van der Waals surface area contributed by atoms with Crippen molar-refractivity contribution >= 4 is 17.8 Å². The van der Waals surface area contributed by atoms with Gasteiger partial charge in [0.2, 0.25) is 5.91 Å². The average Bonchev–Trinajstić information content (AvgIpc) is 3.45. The van der Waals surface area contributed by atoms with Crippen LogP contribution in [0, 0.1) is 5.41 Å². The Bertz CT molecular complexity index is 959. The predicted molar refractivity (Wildman–Crippen MR) is 136 cm³/mol. The molecule has 4 amide bonds. The Morgan fingerprint density at radius 2 is 1.72 bits per heavy atom. The van der Waals surface area contributed by atoms with Crippen LogP contribution in [0.2, 0.25) is 0 Å². The van der Waals surface area contributed by atoms with Gasteiger partial charge in [-0.25, -0.2) is 4.79 Å². The van der Waals surface area contributed by atoms with Gasteiger partial charge in [-0.3, -0.25) is 9.59 Å². The molecule has 3 heterocycles. The first-order valence-corrected chi connectivity index (χ1v) is 13.2. The van der Waals surface area contributed by atoms with Crippen LogP contribution < -0.4 is 20.1 Å². The van der Waals surface area contributed by atoms with Crippen molar-refractivity contribution in [3.63, 3.8) is 0 Å². The normalized spacial score (nSPS) is 22.9. The molecule has 0 saturated carbocycles. The van der Waals surface area contributed by atoms with Gasteiger partial charge in [0.05, 0.1) is 25.8 Å². The van der Waals surface area contributed by atoms with Crippen molar-refractivity contribution < 1.29 is 23.9 Å². The Kier molecular flexibility index (Phi) is 8.26. The lowest BCUT2D eigenvalue weighted by Gasteiger charge is -2.39. The quantitative estimate of drug-likeness (QED) is 0.508. The van der Waals surface area contributed by atoms with Crippen LogP contribution in [0.3, 0.4) is 0 Å². The molecule has 0 aliphatic carbocycles. The van der Waals surface area contributed by atoms with Gasteiger partial charge in [-0.1, -0.05) is 12.8 Å². The van der Waals surface area contributed by atoms with Crippen molar-refractivity contribution in [3.8, 4) is 11.5 Å². The van der Waals surface area contributed by atoms with Crippen molar-refractivity contribution in [2.24, 2.45) is 5.41 Å². The second-order valence-electron chi connectivity index (χ2n) is 10.5. The molecular weight excluding hydrogens is 460 g/mol. The molecule has 1 aromatic rings. The van der Waals surface area contributed by atoms with Gasteiger partial charge in [0, 0.05) is 38.6 Å². The lowest BCUT2D eigenvalue weighted by molar-refractivity contribution is -0.130. The summed E-state index contributed by atoms with van der Waals surface area (Å²) in [4.78, 5) is 41.4. The average molecular weight is 501 g/mol. The summed E-state index contributed by atoms with van der Waals surface area (Å²) >= 11 is 0. The van der Waals surface area contributed by atoms with Crippen LogP contribution in [0.25, 0.3) is 0 Å². The van der Waals surface area contributed by atoms with Crippen molar-refractivity contribution in [2.45, 2.75) is 70.4 Å². The summed E-state index contributed by atoms with van der Waals surface area (Å²) in [5, 5.41) is 5.82. The van der Waals surface area contributed by atoms with Crippen LogP contribution in [-0.4, -0.2) is 80.1 Å². The molecule has 3 saturated heterocycles. The van der Waals surface area contributed by atoms with Gasteiger partial charge in [0.1, 0.15) is 11.5 Å². The Morgan fingerprint density at radius 1 is 1.00 bits per heavy atom. The first-order valence-electron chi connectivity index (χ1n) is 13.2. The third-order valence-corrected chi connectivity index (χ3v) is 8.22. The molecule has 9 heteroatoms. The standard InChI is InChI=1S/C27H40N4O5/c1-19-22(29-26(34)28-19)7-5-4-6-8-24(32)31-16-13-27(18-31)11-14-30(15-12-27)25(33)21-17-20(35-2)9-10-23(21)36-3/h9-10,17,19,22H,4-8,11-16,18H2,1-3H3,(H2,28,29,34). The number of nitrogens with one attached hydrogen (secondary N) is 2. The molecule has 2 unspecified atom stereocenters. The predicted octanol–water partition coefficient (Wildman–Crippen LogP) is 3.18. The minimum atomic E-state index is -0.0825. The van der Waals surface area contributed by atoms with E-state index < -0.39 is 0 Å². The number of unbranched alkanes of at least 4 members (excludes halogenated alkanes) is 2. The van der Waals surface area contributed by atoms with Gasteiger partial charge in [-0.2, -0.15) is 0 Å². The lowest BCUT2D eigenvalue weighted by atomic mass is 9.77. The van der Waals surface area contributed by atoms with E-state index in [0.717, 1.165) is 58.0 Å². The SMILES string of the molecule is COc1ccc(OC)c(C(=O)N2CCC3(CCN(C(=O)CCCCCC4NC(=O)NC4C)C3)CC2)c1. The Hall–Kier alpha value is -2.97. The summed E-state index contributed by atoms with van der Waals surface area (Å²) in [6.45, 7) is 5.01. The molecule has 2 N–H and O–H groups in total. The minimum absolute atomic E-state index is 0.0334. The van der Waals surface area contributed by atoms with E-state index in [0.29, 0.717) is 36.6 Å². The Balaban J connectivity index is 1.20. The van der Waals surface area contributed by atoms with Crippen LogP contribution >= 0.6 is 0 Å². The molecule has 1 spiro atoms. The molecule has 9 nitrogen and oxygen atoms in total. The minimum Gasteiger partial charge on any atom is -0.497 e. The van der Waals surface area contributed by atoms with Gasteiger partial charge in [0.15, 0.2) is 0 Å². The monoisotopic (exact) mass is 500 g/mol. The van der Waals surface area contributed by atoms with Crippen molar-refractivity contribution in [3.05, 3.63) is 23.8 Å². The molecule has 3 fully saturated rings. The third-order valence-electron chi connectivity index (χ3n) is 8.22. The fourth-order valence-electron chi connectivity index (χ4n) is 5.83. The molecule has 2 atom stereocenters. The molecule has 3 aliphatic heterocycles. The van der Waals surface area contributed by atoms with E-state index in [9.17, 15) is 14.4 Å². The van der Waals surface area contributed by atoms with Crippen LogP contribution in [0.4, 0.5) is 4.79 Å². The highest BCUT2D eigenvalue weighted by molar-refractivity contribution is 5.97. The van der Waals surface area contributed by atoms with Crippen molar-refractivity contribution in [1.82, 2.24) is 20.4 Å². The zero-order valence-corrected chi connectivity index (χ0v) is 21.8. The molecule has 0 radical (unpaired) electrons. The van der Waals surface area contributed by atoms with Gasteiger partial charge < -0.3 is 29.9 Å². The van der Waals surface area contributed by atoms with E-state index in [1.165, 1.54) is 0 Å². The smallest absolute Gasteiger partial charge is 0.315 e. The fraction of sp³-hybridized carbons (Fsp3) is 0.667. The number of hydrogen-bond acceptors (Lipinski definition) is 5. The van der Waals surface area contributed by atoms with Crippen LogP contribution in [0.1, 0.15) is 68.6 Å². The topological polar surface area (TPSA) is 100 Å². The number of carbonyl (C=O) groups is 3. The number of carbonyl (C=O) groups excluding carboxylic acids is 3. The van der Waals surface area contributed by atoms with E-state index in [2.05, 4.69) is 10.6 Å². The molecule has 198 valence electrons. The summed E-state index contributed by atoms with van der Waals surface area (Å²) in [6, 6.07) is 5.57. The number of benzene rings is 1.